The van der Waals surface area contributed by atoms with Crippen molar-refractivity contribution in [2.24, 2.45) is 11.8 Å². The average molecular weight is 211 g/mol. The van der Waals surface area contributed by atoms with Crippen LogP contribution >= 0.6 is 0 Å². The lowest BCUT2D eigenvalue weighted by Gasteiger charge is -2.13. The molecule has 1 aliphatic rings. The maximum absolute atomic E-state index is 11.5. The van der Waals surface area contributed by atoms with Crippen LogP contribution in [0.3, 0.4) is 0 Å². The van der Waals surface area contributed by atoms with Gasteiger partial charge in [0.1, 0.15) is 0 Å². The number of rotatable bonds is 5. The van der Waals surface area contributed by atoms with E-state index >= 15 is 0 Å². The number of nitrogens with one attached hydrogen (secondary N) is 1. The number of hydrogen-bond acceptors (Lipinski definition) is 2. The van der Waals surface area contributed by atoms with E-state index in [1.807, 2.05) is 19.1 Å². The maximum Gasteiger partial charge on any atom is 0.308 e. The smallest absolute Gasteiger partial charge is 0.308 e. The van der Waals surface area contributed by atoms with Gasteiger partial charge in [-0.15, -0.1) is 0 Å². The first kappa shape index (κ1) is 11.8. The Morgan fingerprint density at radius 2 is 2.07 bits per heavy atom. The summed E-state index contributed by atoms with van der Waals surface area (Å²) in [5.74, 6) is -1.33. The summed E-state index contributed by atoms with van der Waals surface area (Å²) in [4.78, 5) is 22.2. The van der Waals surface area contributed by atoms with Crippen LogP contribution in [0.5, 0.6) is 0 Å². The highest BCUT2D eigenvalue weighted by atomic mass is 16.4. The average Bonchev–Trinajstić information content (AvgIpc) is 2.70. The number of carboxylic acids is 1. The minimum Gasteiger partial charge on any atom is -0.481 e. The van der Waals surface area contributed by atoms with Gasteiger partial charge in [-0.2, -0.15) is 0 Å². The number of amides is 1. The van der Waals surface area contributed by atoms with Crippen LogP contribution in [0.1, 0.15) is 26.2 Å². The highest BCUT2D eigenvalue weighted by Gasteiger charge is 2.21. The van der Waals surface area contributed by atoms with Gasteiger partial charge in [-0.3, -0.25) is 9.59 Å². The zero-order valence-corrected chi connectivity index (χ0v) is 8.90. The van der Waals surface area contributed by atoms with Gasteiger partial charge in [0, 0.05) is 12.5 Å². The van der Waals surface area contributed by atoms with Gasteiger partial charge >= 0.3 is 5.97 Å². The maximum atomic E-state index is 11.5. The lowest BCUT2D eigenvalue weighted by atomic mass is 10.0. The van der Waals surface area contributed by atoms with Crippen LogP contribution in [0, 0.1) is 11.8 Å². The Kier molecular flexibility index (Phi) is 4.34. The quantitative estimate of drug-likeness (QED) is 0.671. The molecule has 0 spiro atoms. The second kappa shape index (κ2) is 5.53. The third kappa shape index (κ3) is 3.38. The fourth-order valence-electron chi connectivity index (χ4n) is 1.61. The fraction of sp³-hybridized carbons (Fsp3) is 0.636. The van der Waals surface area contributed by atoms with E-state index in [0.29, 0.717) is 6.42 Å². The molecule has 1 atom stereocenters. The Balaban J connectivity index is 2.29. The lowest BCUT2D eigenvalue weighted by Crippen LogP contribution is -2.35. The van der Waals surface area contributed by atoms with E-state index in [2.05, 4.69) is 5.32 Å². The summed E-state index contributed by atoms with van der Waals surface area (Å²) in [5.41, 5.74) is 0. The molecule has 0 saturated heterocycles. The van der Waals surface area contributed by atoms with E-state index in [-0.39, 0.29) is 18.4 Å². The van der Waals surface area contributed by atoms with Crippen molar-refractivity contribution < 1.29 is 14.7 Å². The second-order valence-corrected chi connectivity index (χ2v) is 3.83. The van der Waals surface area contributed by atoms with Crippen molar-refractivity contribution in [3.8, 4) is 0 Å². The molecule has 0 heterocycles. The van der Waals surface area contributed by atoms with E-state index in [4.69, 9.17) is 5.11 Å². The van der Waals surface area contributed by atoms with Crippen LogP contribution in [0.15, 0.2) is 12.2 Å². The largest absolute Gasteiger partial charge is 0.481 e. The third-order valence-corrected chi connectivity index (χ3v) is 2.74. The molecule has 1 rings (SSSR count). The number of allylic oxidation sites excluding steroid dienone is 2. The van der Waals surface area contributed by atoms with E-state index < -0.39 is 11.9 Å². The van der Waals surface area contributed by atoms with Crippen LogP contribution in [0.2, 0.25) is 0 Å². The number of carbonyl (C=O) groups is 2. The van der Waals surface area contributed by atoms with Gasteiger partial charge in [0.2, 0.25) is 5.91 Å². The SMILES string of the molecule is CCC(CNC(=O)C1CC=CC1)C(=O)O. The van der Waals surface area contributed by atoms with Crippen LogP contribution < -0.4 is 5.32 Å². The number of carbonyl (C=O) groups excluding carboxylic acids is 1. The highest BCUT2D eigenvalue weighted by Crippen LogP contribution is 2.17. The zero-order valence-electron chi connectivity index (χ0n) is 8.90. The summed E-state index contributed by atoms with van der Waals surface area (Å²) in [6.07, 6.45) is 6.06. The predicted octanol–water partition coefficient (Wildman–Crippen LogP) is 1.18. The molecule has 0 aliphatic heterocycles. The van der Waals surface area contributed by atoms with E-state index in [1.165, 1.54) is 0 Å². The lowest BCUT2D eigenvalue weighted by molar-refractivity contribution is -0.141. The molecule has 1 aliphatic carbocycles. The molecule has 0 fully saturated rings. The molecule has 0 bridgehead atoms. The van der Waals surface area contributed by atoms with Gasteiger partial charge in [-0.25, -0.2) is 0 Å². The Morgan fingerprint density at radius 3 is 2.53 bits per heavy atom. The number of aliphatic carboxylic acids is 1. The van der Waals surface area contributed by atoms with E-state index in [9.17, 15) is 9.59 Å². The molecule has 0 saturated carbocycles. The normalized spacial score (nSPS) is 17.7. The van der Waals surface area contributed by atoms with E-state index in [1.54, 1.807) is 0 Å². The summed E-state index contributed by atoms with van der Waals surface area (Å²) in [6, 6.07) is 0. The summed E-state index contributed by atoms with van der Waals surface area (Å²) in [5, 5.41) is 11.5. The Hall–Kier alpha value is -1.32. The topological polar surface area (TPSA) is 66.4 Å². The van der Waals surface area contributed by atoms with Gasteiger partial charge < -0.3 is 10.4 Å². The Labute approximate surface area is 89.4 Å². The van der Waals surface area contributed by atoms with Crippen molar-refractivity contribution >= 4 is 11.9 Å². The number of hydrogen-bond donors (Lipinski definition) is 2. The molecule has 0 aromatic heterocycles. The molecule has 0 radical (unpaired) electrons. The van der Waals surface area contributed by atoms with Crippen LogP contribution in [-0.2, 0) is 9.59 Å². The molecule has 4 heteroatoms. The van der Waals surface area contributed by atoms with Crippen molar-refractivity contribution in [2.75, 3.05) is 6.54 Å². The van der Waals surface area contributed by atoms with Crippen molar-refractivity contribution in [1.29, 1.82) is 0 Å². The van der Waals surface area contributed by atoms with Crippen molar-refractivity contribution in [3.63, 3.8) is 0 Å². The number of carboxylic acid groups (broad SMARTS) is 1. The zero-order chi connectivity index (χ0) is 11.3. The highest BCUT2D eigenvalue weighted by molar-refractivity contribution is 5.80. The van der Waals surface area contributed by atoms with Crippen molar-refractivity contribution in [2.45, 2.75) is 26.2 Å². The molecule has 0 aromatic rings. The predicted molar refractivity (Wildman–Crippen MR) is 56.3 cm³/mol. The van der Waals surface area contributed by atoms with Crippen molar-refractivity contribution in [3.05, 3.63) is 12.2 Å². The van der Waals surface area contributed by atoms with Gasteiger partial charge in [0.15, 0.2) is 0 Å². The summed E-state index contributed by atoms with van der Waals surface area (Å²) >= 11 is 0. The monoisotopic (exact) mass is 211 g/mol. The van der Waals surface area contributed by atoms with Crippen molar-refractivity contribution in [1.82, 2.24) is 5.32 Å². The Morgan fingerprint density at radius 1 is 1.47 bits per heavy atom. The summed E-state index contributed by atoms with van der Waals surface area (Å²) in [6.45, 7) is 2.04. The van der Waals surface area contributed by atoms with E-state index in [0.717, 1.165) is 12.8 Å². The van der Waals surface area contributed by atoms with Crippen LogP contribution in [0.4, 0.5) is 0 Å². The van der Waals surface area contributed by atoms with Gasteiger partial charge in [0.25, 0.3) is 0 Å². The molecule has 0 aromatic carbocycles. The van der Waals surface area contributed by atoms with Crippen LogP contribution in [-0.4, -0.2) is 23.5 Å². The molecular formula is C11H17NO3. The first-order chi connectivity index (χ1) is 7.15. The molecule has 84 valence electrons. The Bertz CT molecular complexity index is 265. The molecule has 4 nitrogen and oxygen atoms in total. The van der Waals surface area contributed by atoms with Gasteiger partial charge in [-0.05, 0) is 19.3 Å². The summed E-state index contributed by atoms with van der Waals surface area (Å²) in [7, 11) is 0. The molecule has 15 heavy (non-hydrogen) atoms. The van der Waals surface area contributed by atoms with Gasteiger partial charge in [-0.1, -0.05) is 19.1 Å². The minimum atomic E-state index is -0.845. The standard InChI is InChI=1S/C11H17NO3/c1-2-8(11(14)15)7-12-10(13)9-5-3-4-6-9/h3-4,8-9H,2,5-7H2,1H3,(H,12,13)(H,14,15). The first-order valence-corrected chi connectivity index (χ1v) is 5.30. The first-order valence-electron chi connectivity index (χ1n) is 5.30. The van der Waals surface area contributed by atoms with Crippen LogP contribution in [0.25, 0.3) is 0 Å². The second-order valence-electron chi connectivity index (χ2n) is 3.83. The minimum absolute atomic E-state index is 0.0105. The molecule has 1 amide bonds. The fourth-order valence-corrected chi connectivity index (χ4v) is 1.61. The molecular weight excluding hydrogens is 194 g/mol. The van der Waals surface area contributed by atoms with Gasteiger partial charge in [0.05, 0.1) is 5.92 Å². The summed E-state index contributed by atoms with van der Waals surface area (Å²) < 4.78 is 0. The molecule has 1 unspecified atom stereocenters. The third-order valence-electron chi connectivity index (χ3n) is 2.74. The molecule has 2 N–H and O–H groups in total.